The molecule has 0 amide bonds. The Kier molecular flexibility index (Phi) is 1.83. The summed E-state index contributed by atoms with van der Waals surface area (Å²) >= 11 is 5.93. The van der Waals surface area contributed by atoms with Gasteiger partial charge in [-0.1, -0.05) is 23.7 Å². The highest BCUT2D eigenvalue weighted by Gasteiger charge is 2.29. The predicted octanol–water partition coefficient (Wildman–Crippen LogP) is 1.26. The highest BCUT2D eigenvalue weighted by Crippen LogP contribution is 2.34. The van der Waals surface area contributed by atoms with Gasteiger partial charge in [-0.05, 0) is 23.6 Å². The Morgan fingerprint density at radius 1 is 1.50 bits per heavy atom. The maximum Gasteiger partial charge on any atom is 0.0947 e. The third kappa shape index (κ3) is 1.04. The zero-order chi connectivity index (χ0) is 8.72. The molecule has 3 N–H and O–H groups in total. The minimum Gasteiger partial charge on any atom is -0.387 e. The van der Waals surface area contributed by atoms with Crippen molar-refractivity contribution in [1.29, 1.82) is 0 Å². The van der Waals surface area contributed by atoms with Crippen LogP contribution in [0.5, 0.6) is 0 Å². The molecule has 12 heavy (non-hydrogen) atoms. The number of rotatable bonds is 0. The van der Waals surface area contributed by atoms with E-state index in [-0.39, 0.29) is 6.04 Å². The van der Waals surface area contributed by atoms with Gasteiger partial charge in [0.05, 0.1) is 6.10 Å². The Hall–Kier alpha value is -0.570. The van der Waals surface area contributed by atoms with E-state index >= 15 is 0 Å². The summed E-state index contributed by atoms with van der Waals surface area (Å²) in [6.07, 6.45) is 0.134. The molecule has 0 saturated carbocycles. The molecule has 0 unspecified atom stereocenters. The van der Waals surface area contributed by atoms with Crippen molar-refractivity contribution in [2.45, 2.75) is 18.6 Å². The largest absolute Gasteiger partial charge is 0.387 e. The Labute approximate surface area is 76.0 Å². The Morgan fingerprint density at radius 2 is 2.25 bits per heavy atom. The van der Waals surface area contributed by atoms with Crippen LogP contribution in [0.25, 0.3) is 0 Å². The molecule has 3 heteroatoms. The van der Waals surface area contributed by atoms with Gasteiger partial charge in [0.1, 0.15) is 0 Å². The van der Waals surface area contributed by atoms with Crippen LogP contribution in [0.1, 0.15) is 17.2 Å². The first kappa shape index (κ1) is 8.05. The smallest absolute Gasteiger partial charge is 0.0947 e. The van der Waals surface area contributed by atoms with Gasteiger partial charge in [0.2, 0.25) is 0 Å². The molecule has 0 aromatic heterocycles. The van der Waals surface area contributed by atoms with Crippen LogP contribution >= 0.6 is 11.6 Å². The number of nitrogens with two attached hydrogens (primary N) is 1. The molecule has 64 valence electrons. The van der Waals surface area contributed by atoms with E-state index in [1.807, 2.05) is 18.2 Å². The zero-order valence-electron chi connectivity index (χ0n) is 6.50. The number of hydrogen-bond acceptors (Lipinski definition) is 2. The van der Waals surface area contributed by atoms with E-state index in [2.05, 4.69) is 0 Å². The van der Waals surface area contributed by atoms with Gasteiger partial charge in [0.25, 0.3) is 0 Å². The van der Waals surface area contributed by atoms with Crippen LogP contribution < -0.4 is 5.73 Å². The molecule has 0 spiro atoms. The highest BCUT2D eigenvalue weighted by molar-refractivity contribution is 6.31. The van der Waals surface area contributed by atoms with Gasteiger partial charge >= 0.3 is 0 Å². The molecule has 0 saturated heterocycles. The molecule has 0 fully saturated rings. The van der Waals surface area contributed by atoms with Gasteiger partial charge in [0.15, 0.2) is 0 Å². The lowest BCUT2D eigenvalue weighted by Gasteiger charge is -2.07. The summed E-state index contributed by atoms with van der Waals surface area (Å²) < 4.78 is 0. The summed E-state index contributed by atoms with van der Waals surface area (Å²) in [5.74, 6) is 0. The molecule has 1 aromatic carbocycles. The molecule has 0 aliphatic heterocycles. The van der Waals surface area contributed by atoms with E-state index in [0.29, 0.717) is 11.4 Å². The van der Waals surface area contributed by atoms with Crippen molar-refractivity contribution in [3.63, 3.8) is 0 Å². The summed E-state index contributed by atoms with van der Waals surface area (Å²) in [5, 5.41) is 10.3. The van der Waals surface area contributed by atoms with Crippen LogP contribution in [-0.4, -0.2) is 11.1 Å². The van der Waals surface area contributed by atoms with E-state index < -0.39 is 6.10 Å². The number of halogens is 1. The molecule has 2 atom stereocenters. The van der Waals surface area contributed by atoms with E-state index in [9.17, 15) is 5.11 Å². The molecule has 2 rings (SSSR count). The summed E-state index contributed by atoms with van der Waals surface area (Å²) in [7, 11) is 0. The number of hydrogen-bond donors (Lipinski definition) is 2. The van der Waals surface area contributed by atoms with Gasteiger partial charge in [-0.25, -0.2) is 0 Å². The number of aliphatic hydroxyl groups excluding tert-OH is 1. The normalized spacial score (nSPS) is 27.2. The van der Waals surface area contributed by atoms with Crippen molar-refractivity contribution < 1.29 is 5.11 Å². The minimum absolute atomic E-state index is 0.195. The molecule has 1 aliphatic rings. The van der Waals surface area contributed by atoms with Crippen molar-refractivity contribution in [2.75, 3.05) is 0 Å². The Bertz CT molecular complexity index is 313. The van der Waals surface area contributed by atoms with Crippen molar-refractivity contribution in [1.82, 2.24) is 0 Å². The predicted molar refractivity (Wildman–Crippen MR) is 48.1 cm³/mol. The molecule has 0 bridgehead atoms. The maximum absolute atomic E-state index is 9.59. The third-order valence-electron chi connectivity index (χ3n) is 2.32. The standard InChI is InChI=1S/C9H10ClNO/c10-7-3-1-2-5-6(7)4-8(11)9(5)12/h1-3,8-9,12H,4,11H2/t8-,9+/m1/s1. The number of aliphatic hydroxyl groups is 1. The third-order valence-corrected chi connectivity index (χ3v) is 2.67. The SMILES string of the molecule is N[C@@H]1Cc2c(Cl)cccc2[C@@H]1O. The Balaban J connectivity index is 2.53. The fourth-order valence-electron chi connectivity index (χ4n) is 1.65. The first-order valence-electron chi connectivity index (χ1n) is 3.91. The van der Waals surface area contributed by atoms with Gasteiger partial charge in [0, 0.05) is 11.1 Å². The fraction of sp³-hybridized carbons (Fsp3) is 0.333. The van der Waals surface area contributed by atoms with Gasteiger partial charge in [-0.2, -0.15) is 0 Å². The molecule has 2 nitrogen and oxygen atoms in total. The molecular formula is C9H10ClNO. The van der Waals surface area contributed by atoms with E-state index in [0.717, 1.165) is 11.1 Å². The van der Waals surface area contributed by atoms with Crippen LogP contribution in [0.4, 0.5) is 0 Å². The van der Waals surface area contributed by atoms with Gasteiger partial charge < -0.3 is 10.8 Å². The second kappa shape index (κ2) is 2.73. The average molecular weight is 184 g/mol. The molecular weight excluding hydrogens is 174 g/mol. The summed E-state index contributed by atoms with van der Waals surface area (Å²) in [6, 6.07) is 5.34. The quantitative estimate of drug-likeness (QED) is 0.636. The van der Waals surface area contributed by atoms with Gasteiger partial charge in [-0.3, -0.25) is 0 Å². The van der Waals surface area contributed by atoms with Gasteiger partial charge in [-0.15, -0.1) is 0 Å². The van der Waals surface area contributed by atoms with Crippen molar-refractivity contribution >= 4 is 11.6 Å². The second-order valence-corrected chi connectivity index (χ2v) is 3.53. The van der Waals surface area contributed by atoms with Crippen molar-refractivity contribution in [2.24, 2.45) is 5.73 Å². The van der Waals surface area contributed by atoms with Crippen LogP contribution in [0.3, 0.4) is 0 Å². The topological polar surface area (TPSA) is 46.2 Å². The van der Waals surface area contributed by atoms with Crippen molar-refractivity contribution in [3.8, 4) is 0 Å². The monoisotopic (exact) mass is 183 g/mol. The van der Waals surface area contributed by atoms with Crippen molar-refractivity contribution in [3.05, 3.63) is 34.3 Å². The fourth-order valence-corrected chi connectivity index (χ4v) is 1.90. The van der Waals surface area contributed by atoms with Crippen LogP contribution in [-0.2, 0) is 6.42 Å². The minimum atomic E-state index is -0.543. The number of benzene rings is 1. The molecule has 0 radical (unpaired) electrons. The molecule has 0 heterocycles. The number of fused-ring (bicyclic) bond motifs is 1. The summed E-state index contributed by atoms with van der Waals surface area (Å²) in [4.78, 5) is 0. The Morgan fingerprint density at radius 3 is 2.92 bits per heavy atom. The van der Waals surface area contributed by atoms with Crippen LogP contribution in [0, 0.1) is 0 Å². The maximum atomic E-state index is 9.59. The molecule has 1 aliphatic carbocycles. The first-order chi connectivity index (χ1) is 5.70. The van der Waals surface area contributed by atoms with E-state index in [1.54, 1.807) is 0 Å². The zero-order valence-corrected chi connectivity index (χ0v) is 7.25. The van der Waals surface area contributed by atoms with E-state index in [1.165, 1.54) is 0 Å². The molecule has 1 aromatic rings. The van der Waals surface area contributed by atoms with Crippen LogP contribution in [0.2, 0.25) is 5.02 Å². The van der Waals surface area contributed by atoms with E-state index in [4.69, 9.17) is 17.3 Å². The lowest BCUT2D eigenvalue weighted by atomic mass is 10.1. The highest BCUT2D eigenvalue weighted by atomic mass is 35.5. The summed E-state index contributed by atoms with van der Waals surface area (Å²) in [6.45, 7) is 0. The average Bonchev–Trinajstić information content (AvgIpc) is 2.32. The second-order valence-electron chi connectivity index (χ2n) is 3.12. The first-order valence-corrected chi connectivity index (χ1v) is 4.29. The summed E-state index contributed by atoms with van der Waals surface area (Å²) in [5.41, 5.74) is 7.57. The van der Waals surface area contributed by atoms with Crippen LogP contribution in [0.15, 0.2) is 18.2 Å². The lowest BCUT2D eigenvalue weighted by Crippen LogP contribution is -2.24. The lowest BCUT2D eigenvalue weighted by molar-refractivity contribution is 0.159.